The van der Waals surface area contributed by atoms with Crippen molar-refractivity contribution in [2.75, 3.05) is 5.43 Å². The first-order valence-corrected chi connectivity index (χ1v) is 13.3. The number of halogens is 1. The molecule has 1 fully saturated rings. The Kier molecular flexibility index (Phi) is 6.06. The highest BCUT2D eigenvalue weighted by Gasteiger charge is 2.33. The van der Waals surface area contributed by atoms with E-state index < -0.39 is 0 Å². The molecule has 2 aromatic heterocycles. The van der Waals surface area contributed by atoms with Crippen molar-refractivity contribution in [3.8, 4) is 16.9 Å². The first kappa shape index (κ1) is 22.9. The normalized spacial score (nSPS) is 14.8. The summed E-state index contributed by atoms with van der Waals surface area (Å²) in [6.07, 6.45) is 3.74. The minimum atomic E-state index is -0.237. The van der Waals surface area contributed by atoms with Gasteiger partial charge in [-0.3, -0.25) is 10.2 Å². The molecule has 6 rings (SSSR count). The molecule has 1 saturated heterocycles. The zero-order valence-corrected chi connectivity index (χ0v) is 21.7. The third-order valence-corrected chi connectivity index (χ3v) is 7.96. The number of nitrogens with one attached hydrogen (secondary N) is 1. The molecule has 0 spiro atoms. The molecule has 1 N–H and O–H groups in total. The summed E-state index contributed by atoms with van der Waals surface area (Å²) in [7, 11) is 0. The lowest BCUT2D eigenvalue weighted by Crippen LogP contribution is -2.33. The highest BCUT2D eigenvalue weighted by Crippen LogP contribution is 2.36. The summed E-state index contributed by atoms with van der Waals surface area (Å²) in [4.78, 5) is 18.4. The number of nitrogens with zero attached hydrogens (tertiary/aromatic N) is 4. The number of anilines is 1. The fourth-order valence-electron chi connectivity index (χ4n) is 3.76. The maximum Gasteiger partial charge on any atom is 0.285 e. The monoisotopic (exact) mass is 545 g/mol. The van der Waals surface area contributed by atoms with E-state index in [1.807, 2.05) is 91.1 Å². The molecule has 0 aliphatic carbocycles. The Balaban J connectivity index is 1.35. The predicted octanol–water partition coefficient (Wildman–Crippen LogP) is 7.03. The Hall–Kier alpha value is -3.50. The highest BCUT2D eigenvalue weighted by molar-refractivity contribution is 8.26. The molecule has 0 bridgehead atoms. The van der Waals surface area contributed by atoms with Crippen LogP contribution < -0.4 is 5.43 Å². The summed E-state index contributed by atoms with van der Waals surface area (Å²) in [6.45, 7) is 0. The van der Waals surface area contributed by atoms with Gasteiger partial charge in [-0.1, -0.05) is 77.2 Å². The predicted molar refractivity (Wildman–Crippen MR) is 152 cm³/mol. The Morgan fingerprint density at radius 3 is 2.50 bits per heavy atom. The van der Waals surface area contributed by atoms with Gasteiger partial charge in [-0.15, -0.1) is 0 Å². The van der Waals surface area contributed by atoms with Crippen LogP contribution in [0.1, 0.15) is 5.56 Å². The van der Waals surface area contributed by atoms with E-state index in [0.717, 1.165) is 32.7 Å². The molecule has 3 heterocycles. The summed E-state index contributed by atoms with van der Waals surface area (Å²) in [5.74, 6) is -0.237. The Morgan fingerprint density at radius 1 is 0.972 bits per heavy atom. The number of fused-ring (bicyclic) bond motifs is 1. The van der Waals surface area contributed by atoms with Gasteiger partial charge in [-0.25, -0.2) is 9.67 Å². The van der Waals surface area contributed by atoms with Gasteiger partial charge in [-0.05, 0) is 54.7 Å². The molecule has 3 aromatic carbocycles. The molecule has 6 nitrogen and oxygen atoms in total. The number of thiocarbonyl (C=S) groups is 1. The first-order chi connectivity index (χ1) is 17.5. The second kappa shape index (κ2) is 9.51. The van der Waals surface area contributed by atoms with Crippen LogP contribution >= 0.6 is 46.9 Å². The maximum absolute atomic E-state index is 13.3. The molecule has 5 aromatic rings. The van der Waals surface area contributed by atoms with Gasteiger partial charge in [0.05, 0.1) is 26.5 Å². The van der Waals surface area contributed by atoms with Crippen LogP contribution in [-0.4, -0.2) is 30.0 Å². The van der Waals surface area contributed by atoms with Crippen LogP contribution in [0.25, 0.3) is 33.2 Å². The SMILES string of the molecule is O=C1/C(=C/c2cn(-c3ccccc3)nc2-c2ccc(Cl)cc2)SC(=S)N1Nc1nc2ccccc2s1. The molecular weight excluding hydrogens is 530 g/mol. The van der Waals surface area contributed by atoms with Crippen molar-refractivity contribution in [3.05, 3.63) is 101 Å². The van der Waals surface area contributed by atoms with Gasteiger partial charge in [0.25, 0.3) is 5.91 Å². The summed E-state index contributed by atoms with van der Waals surface area (Å²) in [6, 6.07) is 25.1. The number of para-hydroxylation sites is 2. The number of carbonyl (C=O) groups is 1. The first-order valence-electron chi connectivity index (χ1n) is 10.9. The summed E-state index contributed by atoms with van der Waals surface area (Å²) < 4.78 is 3.24. The van der Waals surface area contributed by atoms with E-state index in [1.165, 1.54) is 28.1 Å². The molecule has 176 valence electrons. The lowest BCUT2D eigenvalue weighted by molar-refractivity contribution is -0.121. The van der Waals surface area contributed by atoms with Gasteiger partial charge in [0, 0.05) is 22.3 Å². The third-order valence-electron chi connectivity index (χ3n) is 5.46. The fraction of sp³-hybridized carbons (Fsp3) is 0. The Labute approximate surface area is 225 Å². The largest absolute Gasteiger partial charge is 0.285 e. The number of benzene rings is 3. The van der Waals surface area contributed by atoms with Gasteiger partial charge in [0.2, 0.25) is 5.13 Å². The van der Waals surface area contributed by atoms with Gasteiger partial charge in [-0.2, -0.15) is 10.1 Å². The van der Waals surface area contributed by atoms with E-state index >= 15 is 0 Å². The number of amides is 1. The van der Waals surface area contributed by atoms with E-state index in [-0.39, 0.29) is 5.91 Å². The molecular formula is C26H16ClN5OS3. The topological polar surface area (TPSA) is 63.1 Å². The van der Waals surface area contributed by atoms with Crippen LogP contribution in [0.15, 0.2) is 90.0 Å². The number of hydrogen-bond acceptors (Lipinski definition) is 7. The summed E-state index contributed by atoms with van der Waals surface area (Å²) in [5.41, 5.74) is 7.29. The highest BCUT2D eigenvalue weighted by atomic mass is 35.5. The van der Waals surface area contributed by atoms with Crippen molar-refractivity contribution in [2.45, 2.75) is 0 Å². The summed E-state index contributed by atoms with van der Waals surface area (Å²) >= 11 is 14.3. The van der Waals surface area contributed by atoms with E-state index in [4.69, 9.17) is 28.9 Å². The number of carbonyl (C=O) groups excluding carboxylic acids is 1. The second-order valence-electron chi connectivity index (χ2n) is 7.84. The van der Waals surface area contributed by atoms with Gasteiger partial charge >= 0.3 is 0 Å². The third kappa shape index (κ3) is 4.42. The molecule has 10 heteroatoms. The summed E-state index contributed by atoms with van der Waals surface area (Å²) in [5, 5.41) is 7.43. The van der Waals surface area contributed by atoms with Crippen LogP contribution in [0.5, 0.6) is 0 Å². The average Bonchev–Trinajstić information content (AvgIpc) is 3.57. The van der Waals surface area contributed by atoms with E-state index in [9.17, 15) is 4.79 Å². The minimum Gasteiger partial charge on any atom is -0.266 e. The zero-order chi connectivity index (χ0) is 24.6. The Morgan fingerprint density at radius 2 is 1.72 bits per heavy atom. The van der Waals surface area contributed by atoms with Crippen molar-refractivity contribution < 1.29 is 4.79 Å². The quantitative estimate of drug-likeness (QED) is 0.189. The number of thiazole rings is 1. The van der Waals surface area contributed by atoms with E-state index in [1.54, 1.807) is 4.68 Å². The number of thioether (sulfide) groups is 1. The standard InChI is InChI=1S/C26H16ClN5OS3/c27-18-12-10-16(11-13-18)23-17(15-31(29-23)19-6-2-1-3-7-19)14-22-24(33)32(26(34)36-22)30-25-28-20-8-4-5-9-21(20)35-25/h1-15H,(H,28,30)/b22-14-. The smallest absolute Gasteiger partial charge is 0.266 e. The molecule has 0 radical (unpaired) electrons. The number of aromatic nitrogens is 3. The molecule has 1 aliphatic heterocycles. The van der Waals surface area contributed by atoms with Crippen molar-refractivity contribution in [1.82, 2.24) is 19.8 Å². The number of hydrazine groups is 1. The average molecular weight is 546 g/mol. The van der Waals surface area contributed by atoms with E-state index in [0.29, 0.717) is 19.4 Å². The molecule has 0 unspecified atom stereocenters. The van der Waals surface area contributed by atoms with Crippen LogP contribution in [0.4, 0.5) is 5.13 Å². The van der Waals surface area contributed by atoms with Crippen molar-refractivity contribution in [3.63, 3.8) is 0 Å². The van der Waals surface area contributed by atoms with Crippen molar-refractivity contribution in [1.29, 1.82) is 0 Å². The van der Waals surface area contributed by atoms with Crippen LogP contribution in [0.2, 0.25) is 5.02 Å². The molecule has 1 amide bonds. The Bertz CT molecular complexity index is 1610. The number of rotatable bonds is 5. The van der Waals surface area contributed by atoms with E-state index in [2.05, 4.69) is 10.4 Å². The maximum atomic E-state index is 13.3. The molecule has 0 saturated carbocycles. The van der Waals surface area contributed by atoms with Gasteiger partial charge < -0.3 is 0 Å². The molecule has 36 heavy (non-hydrogen) atoms. The lowest BCUT2D eigenvalue weighted by Gasteiger charge is -2.14. The minimum absolute atomic E-state index is 0.237. The molecule has 0 atom stereocenters. The second-order valence-corrected chi connectivity index (χ2v) is 11.0. The number of hydrogen-bond donors (Lipinski definition) is 1. The van der Waals surface area contributed by atoms with Crippen LogP contribution in [-0.2, 0) is 4.79 Å². The van der Waals surface area contributed by atoms with Crippen LogP contribution in [0, 0.1) is 0 Å². The lowest BCUT2D eigenvalue weighted by atomic mass is 10.1. The van der Waals surface area contributed by atoms with Gasteiger partial charge in [0.15, 0.2) is 4.32 Å². The zero-order valence-electron chi connectivity index (χ0n) is 18.5. The van der Waals surface area contributed by atoms with Crippen LogP contribution in [0.3, 0.4) is 0 Å². The van der Waals surface area contributed by atoms with Crippen molar-refractivity contribution >= 4 is 78.6 Å². The van der Waals surface area contributed by atoms with Crippen molar-refractivity contribution in [2.24, 2.45) is 0 Å². The fourth-order valence-corrected chi connectivity index (χ4v) is 5.91. The van der Waals surface area contributed by atoms with Gasteiger partial charge in [0.1, 0.15) is 0 Å². The molecule has 1 aliphatic rings.